The minimum absolute atomic E-state index is 0.195. The summed E-state index contributed by atoms with van der Waals surface area (Å²) in [5, 5.41) is 12.1. The first-order chi connectivity index (χ1) is 20.0. The van der Waals surface area contributed by atoms with Crippen molar-refractivity contribution in [2.45, 2.75) is 44.4 Å². The third-order valence-corrected chi connectivity index (χ3v) is 10.2. The molecule has 2 saturated heterocycles. The third-order valence-electron chi connectivity index (χ3n) is 8.91. The molecule has 1 amide bonds. The minimum Gasteiger partial charge on any atom is -0.395 e. The SMILES string of the molecule is Cn1c(N2CCC(F)(F)CC2)nc2c(NC(=O)c3ccc(NS(=O)(=O)CCO)cc3N3CCC4(CC3)CC4)cccc21. The van der Waals surface area contributed by atoms with E-state index in [-0.39, 0.29) is 31.8 Å². The molecule has 3 aromatic rings. The van der Waals surface area contributed by atoms with E-state index in [4.69, 9.17) is 10.1 Å². The lowest BCUT2D eigenvalue weighted by molar-refractivity contribution is -0.0223. The Morgan fingerprint density at radius 2 is 1.69 bits per heavy atom. The van der Waals surface area contributed by atoms with Crippen molar-refractivity contribution < 1.29 is 27.1 Å². The van der Waals surface area contributed by atoms with Gasteiger partial charge in [0.1, 0.15) is 5.52 Å². The number of anilines is 4. The summed E-state index contributed by atoms with van der Waals surface area (Å²) in [6.07, 6.45) is 4.04. The zero-order valence-corrected chi connectivity index (χ0v) is 24.4. The van der Waals surface area contributed by atoms with Gasteiger partial charge in [0.2, 0.25) is 16.0 Å². The normalized spacial score (nSPS) is 19.7. The number of aliphatic hydroxyl groups is 1. The van der Waals surface area contributed by atoms with Crippen molar-refractivity contribution in [3.8, 4) is 0 Å². The summed E-state index contributed by atoms with van der Waals surface area (Å²) in [6.45, 7) is 1.42. The summed E-state index contributed by atoms with van der Waals surface area (Å²) in [5.74, 6) is -2.88. The number of para-hydroxylation sites is 1. The number of nitrogens with zero attached hydrogens (tertiary/aromatic N) is 4. The highest BCUT2D eigenvalue weighted by atomic mass is 32.2. The highest BCUT2D eigenvalue weighted by molar-refractivity contribution is 7.92. The van der Waals surface area contributed by atoms with Crippen LogP contribution in [-0.2, 0) is 17.1 Å². The van der Waals surface area contributed by atoms with Gasteiger partial charge in [-0.2, -0.15) is 0 Å². The number of piperidine rings is 2. The topological polar surface area (TPSA) is 120 Å². The summed E-state index contributed by atoms with van der Waals surface area (Å²) in [7, 11) is -1.91. The number of halogens is 2. The van der Waals surface area contributed by atoms with Gasteiger partial charge >= 0.3 is 0 Å². The summed E-state index contributed by atoms with van der Waals surface area (Å²) in [5.41, 5.74) is 3.59. The Balaban J connectivity index is 1.29. The molecule has 1 spiro atoms. The molecule has 1 aliphatic carbocycles. The molecule has 3 fully saturated rings. The Morgan fingerprint density at radius 3 is 2.36 bits per heavy atom. The molecule has 42 heavy (non-hydrogen) atoms. The van der Waals surface area contributed by atoms with Gasteiger partial charge in [-0.1, -0.05) is 6.07 Å². The van der Waals surface area contributed by atoms with Crippen molar-refractivity contribution in [2.75, 3.05) is 58.4 Å². The smallest absolute Gasteiger partial charge is 0.257 e. The quantitative estimate of drug-likeness (QED) is 0.354. The van der Waals surface area contributed by atoms with E-state index in [1.54, 1.807) is 24.3 Å². The number of aliphatic hydroxyl groups excluding tert-OH is 1. The number of hydrogen-bond acceptors (Lipinski definition) is 7. The molecule has 10 nitrogen and oxygen atoms in total. The Labute approximate surface area is 243 Å². The number of imidazole rings is 1. The van der Waals surface area contributed by atoms with Crippen molar-refractivity contribution >= 4 is 50.0 Å². The first kappa shape index (κ1) is 28.7. The van der Waals surface area contributed by atoms with Crippen LogP contribution in [0.4, 0.5) is 31.8 Å². The molecule has 3 N–H and O–H groups in total. The molecule has 3 heterocycles. The standard InChI is InChI=1S/C29H36F2N6O4S/c1-35-23-4-2-3-22(25(23)33-27(35)37-15-11-29(30,31)12-16-37)32-26(39)21-6-5-20(34-42(40,41)18-17-38)19-24(21)36-13-9-28(7-8-28)10-14-36/h2-6,19,34,38H,7-18H2,1H3,(H,32,39). The number of carbonyl (C=O) groups is 1. The maximum atomic E-state index is 13.8. The Bertz CT molecular complexity index is 1600. The average Bonchev–Trinajstić information content (AvgIpc) is 3.61. The molecular weight excluding hydrogens is 566 g/mol. The fourth-order valence-electron chi connectivity index (χ4n) is 6.11. The molecule has 2 aromatic carbocycles. The number of aromatic nitrogens is 2. The fraction of sp³-hybridized carbons (Fsp3) is 0.517. The molecule has 0 unspecified atom stereocenters. The van der Waals surface area contributed by atoms with Crippen molar-refractivity contribution in [1.82, 2.24) is 9.55 Å². The number of benzene rings is 2. The minimum atomic E-state index is -3.74. The number of hydrogen-bond donors (Lipinski definition) is 3. The first-order valence-corrected chi connectivity index (χ1v) is 16.0. The maximum Gasteiger partial charge on any atom is 0.257 e. The highest BCUT2D eigenvalue weighted by Crippen LogP contribution is 2.54. The van der Waals surface area contributed by atoms with Crippen molar-refractivity contribution in [3.63, 3.8) is 0 Å². The molecule has 1 aromatic heterocycles. The van der Waals surface area contributed by atoms with E-state index in [0.29, 0.717) is 39.5 Å². The molecule has 2 aliphatic heterocycles. The number of aryl methyl sites for hydroxylation is 1. The highest BCUT2D eigenvalue weighted by Gasteiger charge is 2.44. The van der Waals surface area contributed by atoms with Crippen molar-refractivity contribution in [2.24, 2.45) is 12.5 Å². The van der Waals surface area contributed by atoms with Crippen LogP contribution in [0.5, 0.6) is 0 Å². The van der Waals surface area contributed by atoms with E-state index >= 15 is 0 Å². The van der Waals surface area contributed by atoms with E-state index in [1.807, 2.05) is 28.6 Å². The van der Waals surface area contributed by atoms with Crippen LogP contribution in [0.15, 0.2) is 36.4 Å². The van der Waals surface area contributed by atoms with Crippen LogP contribution in [0.2, 0.25) is 0 Å². The number of amides is 1. The fourth-order valence-corrected chi connectivity index (χ4v) is 6.94. The van der Waals surface area contributed by atoms with Gasteiger partial charge in [0.15, 0.2) is 0 Å². The molecule has 0 radical (unpaired) electrons. The molecule has 6 rings (SSSR count). The summed E-state index contributed by atoms with van der Waals surface area (Å²) in [6, 6.07) is 10.3. The van der Waals surface area contributed by atoms with Gasteiger partial charge in [-0.05, 0) is 61.4 Å². The zero-order valence-electron chi connectivity index (χ0n) is 23.6. The maximum absolute atomic E-state index is 13.8. The van der Waals surface area contributed by atoms with Gasteiger partial charge in [0, 0.05) is 46.1 Å². The second-order valence-corrected chi connectivity index (χ2v) is 13.6. The monoisotopic (exact) mass is 602 g/mol. The lowest BCUT2D eigenvalue weighted by atomic mass is 9.93. The van der Waals surface area contributed by atoms with Gasteiger partial charge in [-0.25, -0.2) is 22.2 Å². The van der Waals surface area contributed by atoms with Crippen LogP contribution in [0, 0.1) is 5.41 Å². The summed E-state index contributed by atoms with van der Waals surface area (Å²) >= 11 is 0. The van der Waals surface area contributed by atoms with Gasteiger partial charge in [0.05, 0.1) is 40.5 Å². The van der Waals surface area contributed by atoms with E-state index < -0.39 is 28.3 Å². The average molecular weight is 603 g/mol. The number of nitrogens with one attached hydrogen (secondary N) is 2. The van der Waals surface area contributed by atoms with E-state index in [9.17, 15) is 22.0 Å². The first-order valence-electron chi connectivity index (χ1n) is 14.4. The number of carbonyl (C=O) groups excluding carboxylic acids is 1. The largest absolute Gasteiger partial charge is 0.395 e. The Kier molecular flexibility index (Phi) is 7.28. The summed E-state index contributed by atoms with van der Waals surface area (Å²) in [4.78, 5) is 22.5. The van der Waals surface area contributed by atoms with Gasteiger partial charge in [0.25, 0.3) is 11.8 Å². The Hall–Kier alpha value is -3.45. The van der Waals surface area contributed by atoms with Gasteiger partial charge in [-0.3, -0.25) is 9.52 Å². The molecule has 0 bridgehead atoms. The van der Waals surface area contributed by atoms with Crippen LogP contribution < -0.4 is 19.8 Å². The summed E-state index contributed by atoms with van der Waals surface area (Å²) < 4.78 is 56.5. The second-order valence-electron chi connectivity index (χ2n) is 11.8. The van der Waals surface area contributed by atoms with Crippen LogP contribution in [0.1, 0.15) is 48.9 Å². The number of alkyl halides is 2. The van der Waals surface area contributed by atoms with Crippen LogP contribution in [-0.4, -0.2) is 73.4 Å². The molecule has 3 aliphatic rings. The lowest BCUT2D eigenvalue weighted by Crippen LogP contribution is -2.40. The number of fused-ring (bicyclic) bond motifs is 1. The number of sulfonamides is 1. The lowest BCUT2D eigenvalue weighted by Gasteiger charge is -2.35. The van der Waals surface area contributed by atoms with E-state index in [1.165, 1.54) is 12.8 Å². The Morgan fingerprint density at radius 1 is 1.00 bits per heavy atom. The molecule has 226 valence electrons. The van der Waals surface area contributed by atoms with E-state index in [2.05, 4.69) is 14.9 Å². The predicted molar refractivity (Wildman–Crippen MR) is 159 cm³/mol. The van der Waals surface area contributed by atoms with Gasteiger partial charge in [-0.15, -0.1) is 0 Å². The van der Waals surface area contributed by atoms with Crippen molar-refractivity contribution in [1.29, 1.82) is 0 Å². The third kappa shape index (κ3) is 5.76. The van der Waals surface area contributed by atoms with Crippen LogP contribution in [0.3, 0.4) is 0 Å². The molecule has 0 atom stereocenters. The van der Waals surface area contributed by atoms with Gasteiger partial charge < -0.3 is 24.8 Å². The van der Waals surface area contributed by atoms with E-state index in [0.717, 1.165) is 31.4 Å². The molecular formula is C29H36F2N6O4S. The van der Waals surface area contributed by atoms with Crippen LogP contribution >= 0.6 is 0 Å². The predicted octanol–water partition coefficient (Wildman–Crippen LogP) is 4.18. The number of rotatable bonds is 8. The molecule has 1 saturated carbocycles. The molecule has 13 heteroatoms. The zero-order chi connectivity index (χ0) is 29.7. The van der Waals surface area contributed by atoms with Crippen molar-refractivity contribution in [3.05, 3.63) is 42.0 Å². The second kappa shape index (κ2) is 10.7. The van der Waals surface area contributed by atoms with Crippen LogP contribution in [0.25, 0.3) is 11.0 Å².